The molecule has 0 spiro atoms. The number of benzene rings is 1. The number of rotatable bonds is 2. The van der Waals surface area contributed by atoms with Crippen LogP contribution in [0.15, 0.2) is 12.1 Å². The molecule has 5 heteroatoms. The highest BCUT2D eigenvalue weighted by Gasteiger charge is 2.21. The molecule has 1 heterocycles. The van der Waals surface area contributed by atoms with Crippen molar-refractivity contribution in [3.05, 3.63) is 21.5 Å². The van der Waals surface area contributed by atoms with Crippen LogP contribution in [-0.4, -0.2) is 19.3 Å². The molecule has 1 aliphatic rings. The summed E-state index contributed by atoms with van der Waals surface area (Å²) in [5.74, 6) is 0.0891. The first-order chi connectivity index (χ1) is 6.66. The number of anilines is 1. The van der Waals surface area contributed by atoms with Gasteiger partial charge in [-0.2, -0.15) is 0 Å². The number of nitrogens with two attached hydrogens (primary N) is 1. The van der Waals surface area contributed by atoms with Crippen molar-refractivity contribution in [2.75, 3.05) is 18.9 Å². The fourth-order valence-corrected chi connectivity index (χ4v) is 1.60. The molecule has 1 aromatic carbocycles. The van der Waals surface area contributed by atoms with Gasteiger partial charge in [0.15, 0.2) is 0 Å². The maximum absolute atomic E-state index is 13.2. The Morgan fingerprint density at radius 2 is 2.21 bits per heavy atom. The highest BCUT2D eigenvalue weighted by Crippen LogP contribution is 2.28. The molecular formula is C9H9FINO2. The van der Waals surface area contributed by atoms with Crippen LogP contribution in [-0.2, 0) is 4.74 Å². The summed E-state index contributed by atoms with van der Waals surface area (Å²) in [5, 5.41) is 0. The van der Waals surface area contributed by atoms with Crippen LogP contribution < -0.4 is 10.5 Å². The minimum atomic E-state index is -0.310. The van der Waals surface area contributed by atoms with E-state index in [2.05, 4.69) is 0 Å². The molecule has 0 saturated carbocycles. The van der Waals surface area contributed by atoms with Crippen molar-refractivity contribution >= 4 is 28.3 Å². The van der Waals surface area contributed by atoms with Gasteiger partial charge in [0.05, 0.1) is 22.5 Å². The van der Waals surface area contributed by atoms with Crippen molar-refractivity contribution in [2.45, 2.75) is 6.10 Å². The van der Waals surface area contributed by atoms with Crippen LogP contribution in [0.3, 0.4) is 0 Å². The van der Waals surface area contributed by atoms with E-state index in [9.17, 15) is 4.39 Å². The van der Waals surface area contributed by atoms with Gasteiger partial charge < -0.3 is 15.2 Å². The van der Waals surface area contributed by atoms with E-state index in [1.807, 2.05) is 22.6 Å². The molecule has 14 heavy (non-hydrogen) atoms. The summed E-state index contributed by atoms with van der Waals surface area (Å²) < 4.78 is 24.0. The fourth-order valence-electron chi connectivity index (χ4n) is 1.11. The minimum absolute atomic E-state index is 0.0109. The van der Waals surface area contributed by atoms with E-state index in [0.29, 0.717) is 28.2 Å². The zero-order valence-electron chi connectivity index (χ0n) is 7.30. The van der Waals surface area contributed by atoms with Gasteiger partial charge in [-0.15, -0.1) is 0 Å². The largest absolute Gasteiger partial charge is 0.483 e. The van der Waals surface area contributed by atoms with Crippen molar-refractivity contribution in [1.29, 1.82) is 0 Å². The molecule has 0 unspecified atom stereocenters. The van der Waals surface area contributed by atoms with E-state index in [0.717, 1.165) is 0 Å². The second-order valence-corrected chi connectivity index (χ2v) is 4.24. The zero-order valence-corrected chi connectivity index (χ0v) is 9.45. The van der Waals surface area contributed by atoms with E-state index in [1.165, 1.54) is 6.07 Å². The van der Waals surface area contributed by atoms with Gasteiger partial charge in [0, 0.05) is 6.07 Å². The summed E-state index contributed by atoms with van der Waals surface area (Å²) in [6.07, 6.45) is 0.0109. The lowest BCUT2D eigenvalue weighted by Gasteiger charge is -2.27. The Morgan fingerprint density at radius 1 is 1.50 bits per heavy atom. The van der Waals surface area contributed by atoms with E-state index in [4.69, 9.17) is 15.2 Å². The van der Waals surface area contributed by atoms with E-state index in [1.54, 1.807) is 6.07 Å². The Kier molecular flexibility index (Phi) is 2.78. The topological polar surface area (TPSA) is 44.5 Å². The molecule has 0 bridgehead atoms. The quantitative estimate of drug-likeness (QED) is 0.669. The molecule has 76 valence electrons. The van der Waals surface area contributed by atoms with Crippen molar-refractivity contribution in [1.82, 2.24) is 0 Å². The maximum atomic E-state index is 13.2. The van der Waals surface area contributed by atoms with E-state index in [-0.39, 0.29) is 11.9 Å². The van der Waals surface area contributed by atoms with Gasteiger partial charge in [0.25, 0.3) is 0 Å². The predicted molar refractivity (Wildman–Crippen MR) is 58.8 cm³/mol. The molecule has 1 fully saturated rings. The SMILES string of the molecule is Nc1cc(I)c(F)cc1OC1COC1. The molecule has 0 aliphatic carbocycles. The lowest BCUT2D eigenvalue weighted by atomic mass is 10.2. The van der Waals surface area contributed by atoms with Gasteiger partial charge in [-0.3, -0.25) is 0 Å². The molecule has 2 rings (SSSR count). The molecule has 0 radical (unpaired) electrons. The lowest BCUT2D eigenvalue weighted by Crippen LogP contribution is -2.38. The molecule has 1 aliphatic heterocycles. The van der Waals surface area contributed by atoms with Crippen LogP contribution >= 0.6 is 22.6 Å². The Balaban J connectivity index is 2.19. The smallest absolute Gasteiger partial charge is 0.145 e. The molecule has 0 atom stereocenters. The normalized spacial score (nSPS) is 16.4. The highest BCUT2D eigenvalue weighted by atomic mass is 127. The number of ether oxygens (including phenoxy) is 2. The van der Waals surface area contributed by atoms with Crippen molar-refractivity contribution in [2.24, 2.45) is 0 Å². The molecule has 0 aromatic heterocycles. The summed E-state index contributed by atoms with van der Waals surface area (Å²) >= 11 is 1.89. The third-order valence-electron chi connectivity index (χ3n) is 1.95. The Bertz CT molecular complexity index is 355. The van der Waals surface area contributed by atoms with Gasteiger partial charge in [-0.1, -0.05) is 0 Å². The standard InChI is InChI=1S/C9H9FINO2/c10-6-1-9(8(12)2-7(6)11)14-5-3-13-4-5/h1-2,5H,3-4,12H2. The summed E-state index contributed by atoms with van der Waals surface area (Å²) in [5.41, 5.74) is 6.14. The van der Waals surface area contributed by atoms with Gasteiger partial charge >= 0.3 is 0 Å². The third kappa shape index (κ3) is 1.93. The van der Waals surface area contributed by atoms with Crippen molar-refractivity contribution < 1.29 is 13.9 Å². The second kappa shape index (κ2) is 3.90. The van der Waals surface area contributed by atoms with Crippen LogP contribution in [0.5, 0.6) is 5.75 Å². The molecule has 3 nitrogen and oxygen atoms in total. The first kappa shape index (κ1) is 9.97. The third-order valence-corrected chi connectivity index (χ3v) is 2.78. The van der Waals surface area contributed by atoms with Crippen molar-refractivity contribution in [3.8, 4) is 5.75 Å². The van der Waals surface area contributed by atoms with Crippen LogP contribution in [0.2, 0.25) is 0 Å². The molecule has 1 saturated heterocycles. The van der Waals surface area contributed by atoms with E-state index < -0.39 is 0 Å². The van der Waals surface area contributed by atoms with Gasteiger partial charge in [0.2, 0.25) is 0 Å². The summed E-state index contributed by atoms with van der Waals surface area (Å²) in [6, 6.07) is 2.88. The predicted octanol–water partition coefficient (Wildman–Crippen LogP) is 1.79. The minimum Gasteiger partial charge on any atom is -0.483 e. The number of nitrogen functional groups attached to an aromatic ring is 1. The Hall–Kier alpha value is -0.560. The fraction of sp³-hybridized carbons (Fsp3) is 0.333. The van der Waals surface area contributed by atoms with Crippen LogP contribution in [0, 0.1) is 9.39 Å². The molecular weight excluding hydrogens is 300 g/mol. The second-order valence-electron chi connectivity index (χ2n) is 3.08. The first-order valence-corrected chi connectivity index (χ1v) is 5.23. The number of hydrogen-bond acceptors (Lipinski definition) is 3. The summed E-state index contributed by atoms with van der Waals surface area (Å²) in [7, 11) is 0. The maximum Gasteiger partial charge on any atom is 0.145 e. The van der Waals surface area contributed by atoms with Gasteiger partial charge in [-0.05, 0) is 28.7 Å². The Morgan fingerprint density at radius 3 is 2.79 bits per heavy atom. The van der Waals surface area contributed by atoms with Crippen LogP contribution in [0.1, 0.15) is 0 Å². The lowest BCUT2D eigenvalue weighted by molar-refractivity contribution is -0.0794. The summed E-state index contributed by atoms with van der Waals surface area (Å²) in [4.78, 5) is 0. The van der Waals surface area contributed by atoms with Crippen molar-refractivity contribution in [3.63, 3.8) is 0 Å². The zero-order chi connectivity index (χ0) is 10.1. The molecule has 0 amide bonds. The first-order valence-electron chi connectivity index (χ1n) is 4.16. The van der Waals surface area contributed by atoms with Crippen LogP contribution in [0.25, 0.3) is 0 Å². The Labute approximate surface area is 94.5 Å². The van der Waals surface area contributed by atoms with Crippen LogP contribution in [0.4, 0.5) is 10.1 Å². The van der Waals surface area contributed by atoms with Gasteiger partial charge in [-0.25, -0.2) is 4.39 Å². The average Bonchev–Trinajstić information content (AvgIpc) is 2.06. The monoisotopic (exact) mass is 309 g/mol. The summed E-state index contributed by atoms with van der Waals surface area (Å²) in [6.45, 7) is 1.10. The molecule has 2 N–H and O–H groups in total. The number of halogens is 2. The average molecular weight is 309 g/mol. The van der Waals surface area contributed by atoms with Gasteiger partial charge in [0.1, 0.15) is 17.7 Å². The number of hydrogen-bond donors (Lipinski definition) is 1. The van der Waals surface area contributed by atoms with E-state index >= 15 is 0 Å². The highest BCUT2D eigenvalue weighted by molar-refractivity contribution is 14.1. The molecule has 1 aromatic rings.